The van der Waals surface area contributed by atoms with E-state index in [0.29, 0.717) is 24.7 Å². The van der Waals surface area contributed by atoms with Crippen LogP contribution in [-0.2, 0) is 4.74 Å². The van der Waals surface area contributed by atoms with Crippen molar-refractivity contribution in [2.45, 2.75) is 359 Å². The third-order valence-electron chi connectivity index (χ3n) is 19.5. The molecule has 11 nitrogen and oxygen atoms in total. The summed E-state index contributed by atoms with van der Waals surface area (Å²) in [4.78, 5) is 24.5. The van der Waals surface area contributed by atoms with Gasteiger partial charge in [-0.05, 0) is 306 Å². The molecule has 0 N–H and O–H groups in total. The van der Waals surface area contributed by atoms with Gasteiger partial charge in [0.2, 0.25) is 0 Å². The van der Waals surface area contributed by atoms with Crippen LogP contribution in [0.15, 0.2) is 0 Å². The minimum atomic E-state index is -2.44. The Morgan fingerprint density at radius 2 is 0.560 bits per heavy atom. The fourth-order valence-electron chi connectivity index (χ4n) is 13.1. The summed E-state index contributed by atoms with van der Waals surface area (Å²) in [7, 11) is 2.19. The second-order valence-electron chi connectivity index (χ2n) is 30.8. The first-order valence-corrected chi connectivity index (χ1v) is 36.7. The summed E-state index contributed by atoms with van der Waals surface area (Å²) < 4.78 is 31.2. The normalized spacial score (nSPS) is 25.1. The third-order valence-corrected chi connectivity index (χ3v) is 19.5. The minimum absolute atomic E-state index is 0. The van der Waals surface area contributed by atoms with Crippen molar-refractivity contribution in [3.8, 4) is 0 Å². The van der Waals surface area contributed by atoms with Crippen LogP contribution in [0.1, 0.15) is 286 Å². The molecule has 4 atom stereocenters. The van der Waals surface area contributed by atoms with E-state index >= 15 is 0 Å². The third kappa shape index (κ3) is 47.1. The van der Waals surface area contributed by atoms with E-state index in [1.165, 1.54) is 182 Å². The number of alkyl halides is 2. The Morgan fingerprint density at radius 1 is 0.297 bits per heavy atom. The predicted molar refractivity (Wildman–Crippen MR) is 409 cm³/mol. The summed E-state index contributed by atoms with van der Waals surface area (Å²) >= 11 is 0. The van der Waals surface area contributed by atoms with Gasteiger partial charge in [0.15, 0.2) is 0 Å². The minimum Gasteiger partial charge on any atom is -0.373 e. The van der Waals surface area contributed by atoms with Gasteiger partial charge in [-0.25, -0.2) is 8.78 Å². The van der Waals surface area contributed by atoms with Crippen LogP contribution in [0.25, 0.3) is 0 Å². The number of morpholine rings is 1. The van der Waals surface area contributed by atoms with Crippen LogP contribution in [0.4, 0.5) is 8.78 Å². The largest absolute Gasteiger partial charge is 0.373 e. The van der Waals surface area contributed by atoms with E-state index in [1.54, 1.807) is 0 Å². The molecule has 556 valence electrons. The van der Waals surface area contributed by atoms with Crippen LogP contribution in [0, 0.1) is 17.8 Å². The molecule has 91 heavy (non-hydrogen) atoms. The maximum atomic E-state index is 12.8. The number of piperidine rings is 5. The van der Waals surface area contributed by atoms with Gasteiger partial charge in [0.1, 0.15) is 0 Å². The van der Waals surface area contributed by atoms with Gasteiger partial charge in [-0.2, -0.15) is 0 Å². The van der Waals surface area contributed by atoms with Crippen LogP contribution in [0.2, 0.25) is 0 Å². The summed E-state index contributed by atoms with van der Waals surface area (Å²) in [6.45, 7) is 75.5. The molecule has 9 fully saturated rings. The molecule has 13 heteroatoms. The molecule has 0 radical (unpaired) electrons. The van der Waals surface area contributed by atoms with Crippen LogP contribution < -0.4 is 0 Å². The van der Waals surface area contributed by atoms with Crippen LogP contribution in [0.5, 0.6) is 0 Å². The topological polar surface area (TPSA) is 41.6 Å². The Bertz CT molecular complexity index is 1440. The molecule has 4 unspecified atom stereocenters. The molecule has 0 aromatic heterocycles. The lowest BCUT2D eigenvalue weighted by atomic mass is 9.91. The van der Waals surface area contributed by atoms with Crippen molar-refractivity contribution in [3.63, 3.8) is 0 Å². The van der Waals surface area contributed by atoms with Gasteiger partial charge in [-0.15, -0.1) is 0 Å². The van der Waals surface area contributed by atoms with Gasteiger partial charge in [0.05, 0.1) is 18.8 Å². The van der Waals surface area contributed by atoms with Crippen molar-refractivity contribution in [1.82, 2.24) is 49.0 Å². The summed E-state index contributed by atoms with van der Waals surface area (Å²) in [6.07, 6.45) is 18.5. The molecule has 0 aromatic carbocycles. The average Bonchev–Trinajstić information content (AvgIpc) is 3.51. The van der Waals surface area contributed by atoms with Gasteiger partial charge in [0, 0.05) is 113 Å². The highest BCUT2D eigenvalue weighted by Gasteiger charge is 2.36. The molecule has 9 saturated heterocycles. The van der Waals surface area contributed by atoms with Gasteiger partial charge >= 0.3 is 0 Å². The molecule has 9 rings (SSSR count). The molecule has 0 bridgehead atoms. The monoisotopic (exact) mass is 1310 g/mol. The second-order valence-corrected chi connectivity index (χ2v) is 30.8. The lowest BCUT2D eigenvalue weighted by molar-refractivity contribution is -0.0764. The lowest BCUT2D eigenvalue weighted by Crippen LogP contribution is -2.48. The number of halogens is 2. The standard InChI is InChI=1S/C10H21N.C9H19NO.C9H19N.C8H15F2N.C8H18N2.2C8H17N.C7H15N.C6H13N.5CH4/c1-8(2)11-6-9(3)5-10(4)7-11;1-7(2)10-5-8(3)11-9(4)6-10;1-8(2)10-6-4-9(3)5-7-10;1-7(2)11-5-3-4-8(9,10)6-11;1-8(2)10-6-4-9(3)5-7-10;2*1-8(2)9-6-4-3-5-7-9;1-7(2)8-5-3-4-6-8;1-6(2)7-4-3-5-7;;;;;/h8-10H,5-7H2,1-4H3;7-9H,5-6H2,1-4H3;8-9H,4-7H2,1-3H3;7H,3-6H2,1-2H3;8H,4-7H2,1-3H3;2*8H,3-7H2,1-2H3;7H,3-6H2,1-2H3;6H,3-5H2,1-2H3;5*1H4. The summed E-state index contributed by atoms with van der Waals surface area (Å²) in [6, 6.07) is 6.23. The van der Waals surface area contributed by atoms with Gasteiger partial charge in [0.25, 0.3) is 5.92 Å². The van der Waals surface area contributed by atoms with E-state index in [0.717, 1.165) is 79.7 Å². The molecule has 0 saturated carbocycles. The zero-order valence-corrected chi connectivity index (χ0v) is 62.3. The van der Waals surface area contributed by atoms with Crippen LogP contribution in [0.3, 0.4) is 0 Å². The predicted octanol–water partition coefficient (Wildman–Crippen LogP) is 18.3. The number of ether oxygens (including phenoxy) is 1. The van der Waals surface area contributed by atoms with Crippen molar-refractivity contribution >= 4 is 0 Å². The van der Waals surface area contributed by atoms with Crippen molar-refractivity contribution in [3.05, 3.63) is 0 Å². The van der Waals surface area contributed by atoms with Crippen LogP contribution >= 0.6 is 0 Å². The first kappa shape index (κ1) is 99.1. The van der Waals surface area contributed by atoms with Gasteiger partial charge in [-0.1, -0.05) is 70.7 Å². The molecule has 0 amide bonds. The smallest absolute Gasteiger partial charge is 0.260 e. The van der Waals surface area contributed by atoms with E-state index < -0.39 is 5.92 Å². The van der Waals surface area contributed by atoms with Crippen molar-refractivity contribution < 1.29 is 13.5 Å². The molecular formula is C78H174F2N10O. The highest BCUT2D eigenvalue weighted by Crippen LogP contribution is 2.28. The number of hydrogen-bond acceptors (Lipinski definition) is 11. The maximum absolute atomic E-state index is 12.8. The quantitative estimate of drug-likeness (QED) is 0.222. The fraction of sp³-hybridized carbons (Fsp3) is 1.00. The van der Waals surface area contributed by atoms with Crippen molar-refractivity contribution in [2.24, 2.45) is 17.8 Å². The number of nitrogens with zero attached hydrogens (tertiary/aromatic N) is 10. The summed E-state index contributed by atoms with van der Waals surface area (Å²) in [5.74, 6) is 0.333. The Kier molecular flexibility index (Phi) is 60.2. The Balaban J connectivity index is -0.000000303. The molecule has 9 aliphatic heterocycles. The molecular weight excluding hydrogens is 1130 g/mol. The second kappa shape index (κ2) is 55.3. The van der Waals surface area contributed by atoms with Gasteiger partial charge < -0.3 is 39.0 Å². The first-order chi connectivity index (χ1) is 40.3. The van der Waals surface area contributed by atoms with E-state index in [4.69, 9.17) is 4.74 Å². The molecule has 0 aliphatic carbocycles. The lowest BCUT2D eigenvalue weighted by Gasteiger charge is -2.37. The van der Waals surface area contributed by atoms with E-state index in [-0.39, 0.29) is 56.1 Å². The highest BCUT2D eigenvalue weighted by atomic mass is 19.3. The first-order valence-electron chi connectivity index (χ1n) is 36.7. The molecule has 9 heterocycles. The van der Waals surface area contributed by atoms with Crippen molar-refractivity contribution in [2.75, 3.05) is 138 Å². The fourth-order valence-corrected chi connectivity index (χ4v) is 13.1. The Morgan fingerprint density at radius 3 is 0.824 bits per heavy atom. The summed E-state index contributed by atoms with van der Waals surface area (Å²) in [5.41, 5.74) is 0. The highest BCUT2D eigenvalue weighted by molar-refractivity contribution is 4.81. The summed E-state index contributed by atoms with van der Waals surface area (Å²) in [5, 5.41) is 0. The van der Waals surface area contributed by atoms with E-state index in [9.17, 15) is 8.78 Å². The zero-order valence-electron chi connectivity index (χ0n) is 62.3. The Labute approximate surface area is 574 Å². The number of likely N-dealkylation sites (tertiary alicyclic amines) is 7. The number of rotatable bonds is 9. The van der Waals surface area contributed by atoms with Crippen LogP contribution in [-0.4, -0.2) is 259 Å². The SMILES string of the molecule is C.C.C.C.C.CC(C)N1CCC1.CC(C)N1CCCC(F)(F)C1.CC(C)N1CCCC1.CC(C)N1CCCCC1.CC(C)N1CCCCC1.CC(C)N1CCN(C)CC1.CC1CC(C)CN(C(C)C)C1.CC1CCN(C(C)C)CC1.CC1CN(C(C)C)CC(C)O1. The van der Waals surface area contributed by atoms with Gasteiger partial charge in [-0.3, -0.25) is 14.7 Å². The molecule has 9 aliphatic rings. The Hall–Kier alpha value is -0.580. The molecule has 0 aromatic rings. The molecule has 0 spiro atoms. The zero-order chi connectivity index (χ0) is 65.1. The van der Waals surface area contributed by atoms with E-state index in [2.05, 4.69) is 197 Å². The average molecular weight is 1310 g/mol. The number of piperazine rings is 1. The van der Waals surface area contributed by atoms with E-state index in [1.807, 2.05) is 18.7 Å². The van der Waals surface area contributed by atoms with Crippen molar-refractivity contribution in [1.29, 1.82) is 0 Å². The maximum Gasteiger partial charge on any atom is 0.260 e. The number of hydrogen-bond donors (Lipinski definition) is 0. The number of likely N-dealkylation sites (N-methyl/N-ethyl adjacent to an activating group) is 1.